The molecule has 1 heterocycles. The Bertz CT molecular complexity index is 451. The van der Waals surface area contributed by atoms with Crippen molar-refractivity contribution in [2.75, 3.05) is 0 Å². The number of benzene rings is 1. The van der Waals surface area contributed by atoms with Crippen LogP contribution < -0.4 is 0 Å². The first-order valence-corrected chi connectivity index (χ1v) is 5.64. The standard InChI is InChI=1S/C14H17N/c1-2-3-4-7-11-15-12-10-13-8-5-6-9-14(13)15/h5-12H,2-4H2,1H3. The quantitative estimate of drug-likeness (QED) is 0.647. The summed E-state index contributed by atoms with van der Waals surface area (Å²) in [5.41, 5.74) is 1.28. The summed E-state index contributed by atoms with van der Waals surface area (Å²) in [5.74, 6) is 0. The summed E-state index contributed by atoms with van der Waals surface area (Å²) in [6.07, 6.45) is 10.2. The summed E-state index contributed by atoms with van der Waals surface area (Å²) in [6, 6.07) is 10.6. The van der Waals surface area contributed by atoms with E-state index in [0.717, 1.165) is 0 Å². The number of nitrogens with zero attached hydrogens (tertiary/aromatic N) is 1. The molecule has 15 heavy (non-hydrogen) atoms. The highest BCUT2D eigenvalue weighted by molar-refractivity contribution is 5.81. The smallest absolute Gasteiger partial charge is 0.0522 e. The van der Waals surface area contributed by atoms with Crippen molar-refractivity contribution in [3.8, 4) is 0 Å². The van der Waals surface area contributed by atoms with Gasteiger partial charge in [0.2, 0.25) is 0 Å². The lowest BCUT2D eigenvalue weighted by Crippen LogP contribution is -1.81. The van der Waals surface area contributed by atoms with Gasteiger partial charge >= 0.3 is 0 Å². The predicted octanol–water partition coefficient (Wildman–Crippen LogP) is 4.30. The lowest BCUT2D eigenvalue weighted by molar-refractivity contribution is 0.815. The van der Waals surface area contributed by atoms with E-state index in [9.17, 15) is 0 Å². The zero-order valence-electron chi connectivity index (χ0n) is 9.19. The van der Waals surface area contributed by atoms with Crippen LogP contribution in [0.1, 0.15) is 26.2 Å². The molecule has 0 unspecified atom stereocenters. The van der Waals surface area contributed by atoms with Gasteiger partial charge in [-0.2, -0.15) is 0 Å². The Balaban J connectivity index is 2.17. The average Bonchev–Trinajstić information content (AvgIpc) is 2.68. The first-order valence-electron chi connectivity index (χ1n) is 5.64. The number of rotatable bonds is 4. The van der Waals surface area contributed by atoms with Gasteiger partial charge in [0.25, 0.3) is 0 Å². The van der Waals surface area contributed by atoms with Crippen LogP contribution in [0.4, 0.5) is 0 Å². The van der Waals surface area contributed by atoms with E-state index < -0.39 is 0 Å². The molecular formula is C14H17N. The number of allylic oxidation sites excluding steroid dienone is 1. The maximum Gasteiger partial charge on any atom is 0.0522 e. The van der Waals surface area contributed by atoms with E-state index in [1.54, 1.807) is 0 Å². The molecule has 0 spiro atoms. The Labute approximate surface area is 91.0 Å². The van der Waals surface area contributed by atoms with Crippen molar-refractivity contribution in [3.63, 3.8) is 0 Å². The Morgan fingerprint density at radius 2 is 2.07 bits per heavy atom. The molecule has 0 saturated heterocycles. The molecule has 0 bridgehead atoms. The molecule has 0 amide bonds. The largest absolute Gasteiger partial charge is 0.324 e. The third kappa shape index (κ3) is 2.30. The van der Waals surface area contributed by atoms with E-state index in [-0.39, 0.29) is 0 Å². The highest BCUT2D eigenvalue weighted by Crippen LogP contribution is 2.15. The summed E-state index contributed by atoms with van der Waals surface area (Å²) in [7, 11) is 0. The van der Waals surface area contributed by atoms with Crippen LogP contribution >= 0.6 is 0 Å². The van der Waals surface area contributed by atoms with E-state index in [0.29, 0.717) is 0 Å². The molecule has 0 atom stereocenters. The van der Waals surface area contributed by atoms with Crippen molar-refractivity contribution in [2.24, 2.45) is 0 Å². The van der Waals surface area contributed by atoms with Crippen molar-refractivity contribution in [1.29, 1.82) is 0 Å². The minimum absolute atomic E-state index is 1.17. The van der Waals surface area contributed by atoms with E-state index >= 15 is 0 Å². The minimum atomic E-state index is 1.17. The van der Waals surface area contributed by atoms with Crippen molar-refractivity contribution in [3.05, 3.63) is 42.6 Å². The minimum Gasteiger partial charge on any atom is -0.324 e. The first-order chi connectivity index (χ1) is 7.42. The highest BCUT2D eigenvalue weighted by atomic mass is 14.9. The number of unbranched alkanes of at least 4 members (excludes halogenated alkanes) is 2. The highest BCUT2D eigenvalue weighted by Gasteiger charge is 1.95. The molecule has 1 nitrogen and oxygen atoms in total. The van der Waals surface area contributed by atoms with Crippen LogP contribution in [-0.2, 0) is 0 Å². The van der Waals surface area contributed by atoms with Gasteiger partial charge in [0, 0.05) is 12.4 Å². The normalized spacial score (nSPS) is 11.5. The van der Waals surface area contributed by atoms with Crippen LogP contribution in [0.25, 0.3) is 17.1 Å². The third-order valence-corrected chi connectivity index (χ3v) is 2.62. The summed E-state index contributed by atoms with van der Waals surface area (Å²) in [4.78, 5) is 0. The Kier molecular flexibility index (Phi) is 3.23. The number of hydrogen-bond acceptors (Lipinski definition) is 0. The van der Waals surface area contributed by atoms with Crippen molar-refractivity contribution in [2.45, 2.75) is 26.2 Å². The zero-order chi connectivity index (χ0) is 10.5. The maximum absolute atomic E-state index is 2.25. The number of fused-ring (bicyclic) bond motifs is 1. The molecule has 1 aromatic heterocycles. The van der Waals surface area contributed by atoms with Crippen LogP contribution in [0.3, 0.4) is 0 Å². The van der Waals surface area contributed by atoms with E-state index in [4.69, 9.17) is 0 Å². The fraction of sp³-hybridized carbons (Fsp3) is 0.286. The molecule has 0 N–H and O–H groups in total. The van der Waals surface area contributed by atoms with Gasteiger partial charge in [-0.3, -0.25) is 0 Å². The average molecular weight is 199 g/mol. The van der Waals surface area contributed by atoms with Gasteiger partial charge in [0.05, 0.1) is 5.52 Å². The molecule has 0 aliphatic carbocycles. The Morgan fingerprint density at radius 3 is 2.93 bits per heavy atom. The summed E-state index contributed by atoms with van der Waals surface area (Å²) < 4.78 is 2.19. The SMILES string of the molecule is CCCCC=Cn1ccc2ccccc21. The van der Waals surface area contributed by atoms with E-state index in [1.165, 1.54) is 30.2 Å². The first kappa shape index (κ1) is 10.0. The molecule has 0 saturated carbocycles. The second-order valence-corrected chi connectivity index (χ2v) is 3.81. The van der Waals surface area contributed by atoms with Gasteiger partial charge in [-0.25, -0.2) is 0 Å². The molecule has 2 aromatic rings. The molecule has 0 aliphatic rings. The lowest BCUT2D eigenvalue weighted by atomic mass is 10.2. The molecule has 0 aliphatic heterocycles. The van der Waals surface area contributed by atoms with Crippen LogP contribution in [-0.4, -0.2) is 4.57 Å². The topological polar surface area (TPSA) is 4.93 Å². The third-order valence-electron chi connectivity index (χ3n) is 2.62. The summed E-state index contributed by atoms with van der Waals surface area (Å²) in [5, 5.41) is 1.30. The Hall–Kier alpha value is -1.50. The van der Waals surface area contributed by atoms with E-state index in [1.807, 2.05) is 0 Å². The maximum atomic E-state index is 2.25. The van der Waals surface area contributed by atoms with Crippen molar-refractivity contribution >= 4 is 17.1 Å². The Morgan fingerprint density at radius 1 is 1.20 bits per heavy atom. The molecule has 1 aromatic carbocycles. The lowest BCUT2D eigenvalue weighted by Gasteiger charge is -1.97. The zero-order valence-corrected chi connectivity index (χ0v) is 9.19. The molecule has 2 rings (SSSR count). The molecule has 0 fully saturated rings. The molecule has 78 valence electrons. The fourth-order valence-corrected chi connectivity index (χ4v) is 1.74. The van der Waals surface area contributed by atoms with Crippen LogP contribution in [0, 0.1) is 0 Å². The van der Waals surface area contributed by atoms with Crippen LogP contribution in [0.2, 0.25) is 0 Å². The van der Waals surface area contributed by atoms with Crippen molar-refractivity contribution < 1.29 is 0 Å². The number of hydrogen-bond donors (Lipinski definition) is 0. The monoisotopic (exact) mass is 199 g/mol. The summed E-state index contributed by atoms with van der Waals surface area (Å²) >= 11 is 0. The molecule has 0 radical (unpaired) electrons. The fourth-order valence-electron chi connectivity index (χ4n) is 1.74. The van der Waals surface area contributed by atoms with Gasteiger partial charge < -0.3 is 4.57 Å². The molecular weight excluding hydrogens is 182 g/mol. The predicted molar refractivity (Wildman–Crippen MR) is 66.8 cm³/mol. The van der Waals surface area contributed by atoms with E-state index in [2.05, 4.69) is 60.3 Å². The van der Waals surface area contributed by atoms with Crippen molar-refractivity contribution in [1.82, 2.24) is 4.57 Å². The second kappa shape index (κ2) is 4.83. The number of aromatic nitrogens is 1. The second-order valence-electron chi connectivity index (χ2n) is 3.81. The molecule has 1 heteroatoms. The van der Waals surface area contributed by atoms with Gasteiger partial charge in [-0.15, -0.1) is 0 Å². The van der Waals surface area contributed by atoms with Gasteiger partial charge in [0.1, 0.15) is 0 Å². The van der Waals surface area contributed by atoms with Crippen LogP contribution in [0.5, 0.6) is 0 Å². The summed E-state index contributed by atoms with van der Waals surface area (Å²) in [6.45, 7) is 2.22. The van der Waals surface area contributed by atoms with Crippen LogP contribution in [0.15, 0.2) is 42.6 Å². The van der Waals surface area contributed by atoms with Gasteiger partial charge in [0.15, 0.2) is 0 Å². The van der Waals surface area contributed by atoms with Gasteiger partial charge in [-0.05, 0) is 23.9 Å². The van der Waals surface area contributed by atoms with Gasteiger partial charge in [-0.1, -0.05) is 44.0 Å². The number of para-hydroxylation sites is 1.